The minimum Gasteiger partial charge on any atom is -0.398 e. The Labute approximate surface area is 111 Å². The molecule has 5 nitrogen and oxygen atoms in total. The maximum atomic E-state index is 12.4. The van der Waals surface area contributed by atoms with E-state index in [0.29, 0.717) is 18.0 Å². The summed E-state index contributed by atoms with van der Waals surface area (Å²) in [6, 6.07) is 3.96. The van der Waals surface area contributed by atoms with Crippen LogP contribution in [0, 0.1) is 0 Å². The van der Waals surface area contributed by atoms with Crippen molar-refractivity contribution in [1.29, 1.82) is 0 Å². The molecule has 0 spiro atoms. The van der Waals surface area contributed by atoms with E-state index in [4.69, 9.17) is 17.3 Å². The average molecular weight is 291 g/mol. The second kappa shape index (κ2) is 5.05. The van der Waals surface area contributed by atoms with E-state index in [2.05, 4.69) is 0 Å². The summed E-state index contributed by atoms with van der Waals surface area (Å²) in [5.41, 5.74) is 5.84. The first-order chi connectivity index (χ1) is 8.46. The van der Waals surface area contributed by atoms with Crippen molar-refractivity contribution in [2.45, 2.75) is 23.8 Å². The molecule has 0 aromatic heterocycles. The molecule has 0 aliphatic carbocycles. The molecule has 1 saturated heterocycles. The molecule has 1 heterocycles. The van der Waals surface area contributed by atoms with Gasteiger partial charge in [0.05, 0.1) is 12.3 Å². The predicted molar refractivity (Wildman–Crippen MR) is 69.9 cm³/mol. The molecule has 0 bridgehead atoms. The molecule has 1 aliphatic heterocycles. The van der Waals surface area contributed by atoms with Crippen LogP contribution >= 0.6 is 11.6 Å². The number of nitrogen functional groups attached to an aromatic ring is 1. The lowest BCUT2D eigenvalue weighted by Crippen LogP contribution is -2.37. The second-order valence-electron chi connectivity index (χ2n) is 4.28. The van der Waals surface area contributed by atoms with Crippen LogP contribution in [0.4, 0.5) is 5.69 Å². The van der Waals surface area contributed by atoms with Crippen LogP contribution in [-0.2, 0) is 10.0 Å². The summed E-state index contributed by atoms with van der Waals surface area (Å²) in [5, 5.41) is 9.60. The predicted octanol–water partition coefficient (Wildman–Crippen LogP) is 1.07. The van der Waals surface area contributed by atoms with Gasteiger partial charge in [0.2, 0.25) is 10.0 Å². The molecule has 0 radical (unpaired) electrons. The Balaban J connectivity index is 2.42. The van der Waals surface area contributed by atoms with E-state index in [1.165, 1.54) is 22.5 Å². The van der Waals surface area contributed by atoms with Gasteiger partial charge in [-0.25, -0.2) is 8.42 Å². The summed E-state index contributed by atoms with van der Waals surface area (Å²) in [5.74, 6) is 0. The highest BCUT2D eigenvalue weighted by Crippen LogP contribution is 2.30. The van der Waals surface area contributed by atoms with Gasteiger partial charge in [-0.05, 0) is 31.0 Å². The van der Waals surface area contributed by atoms with Crippen LogP contribution in [0.2, 0.25) is 5.02 Å². The highest BCUT2D eigenvalue weighted by Gasteiger charge is 2.35. The van der Waals surface area contributed by atoms with Gasteiger partial charge in [-0.15, -0.1) is 0 Å². The fourth-order valence-electron chi connectivity index (χ4n) is 2.19. The van der Waals surface area contributed by atoms with E-state index >= 15 is 0 Å². The summed E-state index contributed by atoms with van der Waals surface area (Å²) >= 11 is 5.75. The van der Waals surface area contributed by atoms with Crippen molar-refractivity contribution in [3.8, 4) is 0 Å². The molecule has 100 valence electrons. The number of nitrogens with zero attached hydrogens (tertiary/aromatic N) is 1. The van der Waals surface area contributed by atoms with E-state index in [1.807, 2.05) is 0 Å². The number of hydrogen-bond donors (Lipinski definition) is 2. The molecule has 1 fully saturated rings. The van der Waals surface area contributed by atoms with Crippen molar-refractivity contribution in [2.24, 2.45) is 0 Å². The van der Waals surface area contributed by atoms with Gasteiger partial charge in [0, 0.05) is 17.6 Å². The summed E-state index contributed by atoms with van der Waals surface area (Å²) < 4.78 is 26.2. The highest BCUT2D eigenvalue weighted by molar-refractivity contribution is 7.89. The monoisotopic (exact) mass is 290 g/mol. The third kappa shape index (κ3) is 2.33. The van der Waals surface area contributed by atoms with Gasteiger partial charge >= 0.3 is 0 Å². The molecule has 0 unspecified atom stereocenters. The van der Waals surface area contributed by atoms with E-state index in [0.717, 1.165) is 6.42 Å². The molecular weight excluding hydrogens is 276 g/mol. The third-order valence-corrected chi connectivity index (χ3v) is 5.35. The number of hydrogen-bond acceptors (Lipinski definition) is 4. The number of rotatable bonds is 3. The molecule has 1 aromatic rings. The molecule has 3 N–H and O–H groups in total. The fourth-order valence-corrected chi connectivity index (χ4v) is 4.15. The van der Waals surface area contributed by atoms with E-state index in [9.17, 15) is 13.5 Å². The number of anilines is 1. The Morgan fingerprint density at radius 3 is 2.83 bits per heavy atom. The standard InChI is InChI=1S/C11H15ClN2O3S/c12-8-3-4-11(10(13)6-8)18(16,17)14-5-1-2-9(14)7-15/h3-4,6,9,15H,1-2,5,7,13H2/t9-/m0/s1. The van der Waals surface area contributed by atoms with Crippen LogP contribution in [0.15, 0.2) is 23.1 Å². The van der Waals surface area contributed by atoms with Crippen LogP contribution in [0.1, 0.15) is 12.8 Å². The number of aliphatic hydroxyl groups excluding tert-OH is 1. The van der Waals surface area contributed by atoms with Gasteiger partial charge < -0.3 is 10.8 Å². The highest BCUT2D eigenvalue weighted by atomic mass is 35.5. The van der Waals surface area contributed by atoms with Crippen LogP contribution in [0.5, 0.6) is 0 Å². The summed E-state index contributed by atoms with van der Waals surface area (Å²) in [6.07, 6.45) is 1.42. The van der Waals surface area contributed by atoms with E-state index in [1.54, 1.807) is 0 Å². The normalized spacial score (nSPS) is 21.3. The van der Waals surface area contributed by atoms with Gasteiger partial charge in [-0.1, -0.05) is 11.6 Å². The van der Waals surface area contributed by atoms with Gasteiger partial charge in [0.15, 0.2) is 0 Å². The molecular formula is C11H15ClN2O3S. The first-order valence-electron chi connectivity index (χ1n) is 5.64. The smallest absolute Gasteiger partial charge is 0.245 e. The van der Waals surface area contributed by atoms with Gasteiger partial charge in [0.1, 0.15) is 4.90 Å². The van der Waals surface area contributed by atoms with Crippen molar-refractivity contribution in [2.75, 3.05) is 18.9 Å². The first kappa shape index (κ1) is 13.6. The minimum atomic E-state index is -3.66. The quantitative estimate of drug-likeness (QED) is 0.816. The molecule has 2 rings (SSSR count). The zero-order valence-electron chi connectivity index (χ0n) is 9.71. The average Bonchev–Trinajstić information content (AvgIpc) is 2.76. The lowest BCUT2D eigenvalue weighted by Gasteiger charge is -2.23. The zero-order valence-corrected chi connectivity index (χ0v) is 11.3. The molecule has 0 saturated carbocycles. The van der Waals surface area contributed by atoms with Crippen LogP contribution in [0.25, 0.3) is 0 Å². The number of halogens is 1. The van der Waals surface area contributed by atoms with Gasteiger partial charge in [-0.2, -0.15) is 4.31 Å². The SMILES string of the molecule is Nc1cc(Cl)ccc1S(=O)(=O)N1CCC[C@H]1CO. The Morgan fingerprint density at radius 2 is 2.22 bits per heavy atom. The molecule has 0 amide bonds. The molecule has 18 heavy (non-hydrogen) atoms. The summed E-state index contributed by atoms with van der Waals surface area (Å²) in [4.78, 5) is 0.0484. The van der Waals surface area contributed by atoms with Crippen LogP contribution < -0.4 is 5.73 Å². The Morgan fingerprint density at radius 1 is 1.50 bits per heavy atom. The molecule has 1 atom stereocenters. The van der Waals surface area contributed by atoms with Crippen molar-refractivity contribution >= 4 is 27.3 Å². The largest absolute Gasteiger partial charge is 0.398 e. The summed E-state index contributed by atoms with van der Waals surface area (Å²) in [6.45, 7) is 0.238. The molecule has 1 aromatic carbocycles. The van der Waals surface area contributed by atoms with Crippen molar-refractivity contribution < 1.29 is 13.5 Å². The van der Waals surface area contributed by atoms with Crippen molar-refractivity contribution in [3.05, 3.63) is 23.2 Å². The minimum absolute atomic E-state index is 0.0484. The summed E-state index contributed by atoms with van der Waals surface area (Å²) in [7, 11) is -3.66. The Kier molecular flexibility index (Phi) is 3.82. The molecule has 7 heteroatoms. The lowest BCUT2D eigenvalue weighted by atomic mass is 10.2. The Hall–Kier alpha value is -0.820. The van der Waals surface area contributed by atoms with Gasteiger partial charge in [-0.3, -0.25) is 0 Å². The van der Waals surface area contributed by atoms with Crippen LogP contribution in [0.3, 0.4) is 0 Å². The first-order valence-corrected chi connectivity index (χ1v) is 7.46. The number of nitrogens with two attached hydrogens (primary N) is 1. The van der Waals surface area contributed by atoms with E-state index in [-0.39, 0.29) is 23.2 Å². The van der Waals surface area contributed by atoms with Crippen LogP contribution in [-0.4, -0.2) is 37.0 Å². The fraction of sp³-hybridized carbons (Fsp3) is 0.455. The number of aliphatic hydroxyl groups is 1. The maximum Gasteiger partial charge on any atom is 0.245 e. The lowest BCUT2D eigenvalue weighted by molar-refractivity contribution is 0.213. The number of sulfonamides is 1. The third-order valence-electron chi connectivity index (χ3n) is 3.09. The zero-order chi connectivity index (χ0) is 13.3. The topological polar surface area (TPSA) is 83.6 Å². The van der Waals surface area contributed by atoms with E-state index < -0.39 is 10.0 Å². The van der Waals surface area contributed by atoms with Crippen molar-refractivity contribution in [3.63, 3.8) is 0 Å². The second-order valence-corrected chi connectivity index (χ2v) is 6.57. The Bertz CT molecular complexity index is 547. The maximum absolute atomic E-state index is 12.4. The van der Waals surface area contributed by atoms with Crippen molar-refractivity contribution in [1.82, 2.24) is 4.31 Å². The van der Waals surface area contributed by atoms with Gasteiger partial charge in [0.25, 0.3) is 0 Å². The number of benzene rings is 1. The molecule has 1 aliphatic rings.